The second-order valence-corrected chi connectivity index (χ2v) is 5.19. The van der Waals surface area contributed by atoms with Crippen LogP contribution in [0.25, 0.3) is 0 Å². The Kier molecular flexibility index (Phi) is 7.09. The van der Waals surface area contributed by atoms with E-state index in [0.717, 1.165) is 24.9 Å². The Labute approximate surface area is 122 Å². The van der Waals surface area contributed by atoms with Crippen LogP contribution in [0.4, 0.5) is 4.79 Å². The third-order valence-corrected chi connectivity index (χ3v) is 3.46. The van der Waals surface area contributed by atoms with Crippen LogP contribution in [-0.2, 0) is 0 Å². The maximum atomic E-state index is 11.9. The summed E-state index contributed by atoms with van der Waals surface area (Å²) in [5.41, 5.74) is 3.69. The summed E-state index contributed by atoms with van der Waals surface area (Å²) in [6.07, 6.45) is 1.82. The van der Waals surface area contributed by atoms with Gasteiger partial charge in [-0.1, -0.05) is 25.1 Å². The molecule has 3 N–H and O–H groups in total. The number of amides is 2. The van der Waals surface area contributed by atoms with Crippen LogP contribution in [0.1, 0.15) is 42.5 Å². The fraction of sp³-hybridized carbons (Fsp3) is 0.562. The highest BCUT2D eigenvalue weighted by Gasteiger charge is 2.14. The number of aryl methyl sites for hydroxylation is 2. The third kappa shape index (κ3) is 5.21. The molecule has 0 aliphatic heterocycles. The molecule has 0 aliphatic rings. The zero-order chi connectivity index (χ0) is 15.0. The number of hydrogen-bond donors (Lipinski definition) is 3. The molecule has 0 spiro atoms. The average Bonchev–Trinajstić information content (AvgIpc) is 2.44. The fourth-order valence-electron chi connectivity index (χ4n) is 2.04. The summed E-state index contributed by atoms with van der Waals surface area (Å²) in [6.45, 7) is 7.82. The molecule has 0 aromatic heterocycles. The van der Waals surface area contributed by atoms with E-state index in [1.165, 1.54) is 11.1 Å². The molecule has 1 unspecified atom stereocenters. The summed E-state index contributed by atoms with van der Waals surface area (Å²) in [6, 6.07) is 6.33. The lowest BCUT2D eigenvalue weighted by atomic mass is 9.99. The number of urea groups is 1. The van der Waals surface area contributed by atoms with Gasteiger partial charge in [-0.3, -0.25) is 0 Å². The molecule has 4 nitrogen and oxygen atoms in total. The molecule has 1 aromatic rings. The maximum absolute atomic E-state index is 11.9. The third-order valence-electron chi connectivity index (χ3n) is 3.46. The van der Waals surface area contributed by atoms with Gasteiger partial charge in [-0.25, -0.2) is 4.79 Å². The molecule has 0 saturated heterocycles. The van der Waals surface area contributed by atoms with Crippen LogP contribution in [0.5, 0.6) is 0 Å². The van der Waals surface area contributed by atoms with E-state index < -0.39 is 0 Å². The average molecular weight is 277 g/mol. The van der Waals surface area contributed by atoms with Crippen molar-refractivity contribution in [3.05, 3.63) is 34.9 Å². The number of hydrogen-bond acceptors (Lipinski definition) is 2. The summed E-state index contributed by atoms with van der Waals surface area (Å²) in [7, 11) is 1.93. The Morgan fingerprint density at radius 3 is 2.55 bits per heavy atom. The van der Waals surface area contributed by atoms with E-state index in [4.69, 9.17) is 0 Å². The fourth-order valence-corrected chi connectivity index (χ4v) is 2.04. The van der Waals surface area contributed by atoms with Crippen molar-refractivity contribution >= 4 is 6.03 Å². The second kappa shape index (κ2) is 8.59. The predicted molar refractivity (Wildman–Crippen MR) is 84.0 cm³/mol. The highest BCUT2D eigenvalue weighted by Crippen LogP contribution is 2.19. The second-order valence-electron chi connectivity index (χ2n) is 5.19. The number of rotatable bonds is 7. The number of carbonyl (C=O) groups excluding carboxylic acids is 1. The number of carbonyl (C=O) groups is 1. The van der Waals surface area contributed by atoms with Crippen LogP contribution in [0, 0.1) is 13.8 Å². The first kappa shape index (κ1) is 16.5. The van der Waals surface area contributed by atoms with Crippen LogP contribution in [0.3, 0.4) is 0 Å². The van der Waals surface area contributed by atoms with E-state index in [1.807, 2.05) is 14.0 Å². The molecule has 4 heteroatoms. The summed E-state index contributed by atoms with van der Waals surface area (Å²) >= 11 is 0. The molecule has 1 atom stereocenters. The molecule has 112 valence electrons. The van der Waals surface area contributed by atoms with Gasteiger partial charge in [0.25, 0.3) is 0 Å². The van der Waals surface area contributed by atoms with Crippen LogP contribution in [0.15, 0.2) is 18.2 Å². The highest BCUT2D eigenvalue weighted by molar-refractivity contribution is 5.74. The van der Waals surface area contributed by atoms with Crippen LogP contribution >= 0.6 is 0 Å². The lowest BCUT2D eigenvalue weighted by Crippen LogP contribution is -2.39. The molecule has 1 aromatic carbocycles. The van der Waals surface area contributed by atoms with Crippen molar-refractivity contribution in [1.82, 2.24) is 16.0 Å². The van der Waals surface area contributed by atoms with Crippen molar-refractivity contribution in [2.45, 2.75) is 39.7 Å². The maximum Gasteiger partial charge on any atom is 0.315 e. The molecule has 0 radical (unpaired) electrons. The number of nitrogens with one attached hydrogen (secondary N) is 3. The van der Waals surface area contributed by atoms with Gasteiger partial charge in [0.15, 0.2) is 0 Å². The van der Waals surface area contributed by atoms with E-state index in [2.05, 4.69) is 48.0 Å². The lowest BCUT2D eigenvalue weighted by Gasteiger charge is -2.20. The highest BCUT2D eigenvalue weighted by atomic mass is 16.2. The molecule has 0 fully saturated rings. The molecule has 20 heavy (non-hydrogen) atoms. The minimum Gasteiger partial charge on any atom is -0.338 e. The standard InChI is InChI=1S/C16H27N3O/c1-5-9-18-16(20)19-15(8-10-17-4)14-7-6-12(2)13(3)11-14/h6-7,11,15,17H,5,8-10H2,1-4H3,(H2,18,19,20). The Bertz CT molecular complexity index is 432. The minimum atomic E-state index is -0.0915. The molecule has 2 amide bonds. The van der Waals surface area contributed by atoms with Gasteiger partial charge >= 0.3 is 6.03 Å². The Morgan fingerprint density at radius 1 is 1.20 bits per heavy atom. The zero-order valence-corrected chi connectivity index (χ0v) is 13.0. The molecule has 1 rings (SSSR count). The SMILES string of the molecule is CCCNC(=O)NC(CCNC)c1ccc(C)c(C)c1. The predicted octanol–water partition coefficient (Wildman–Crippen LogP) is 2.66. The van der Waals surface area contributed by atoms with Crippen LogP contribution < -0.4 is 16.0 Å². The molecular formula is C16H27N3O. The van der Waals surface area contributed by atoms with E-state index >= 15 is 0 Å². The van der Waals surface area contributed by atoms with Crippen molar-refractivity contribution in [2.24, 2.45) is 0 Å². The zero-order valence-electron chi connectivity index (χ0n) is 13.0. The molecule has 0 aliphatic carbocycles. The van der Waals surface area contributed by atoms with Crippen molar-refractivity contribution in [3.8, 4) is 0 Å². The van der Waals surface area contributed by atoms with Gasteiger partial charge in [0, 0.05) is 6.54 Å². The van der Waals surface area contributed by atoms with E-state index in [1.54, 1.807) is 0 Å². The normalized spacial score (nSPS) is 12.0. The summed E-state index contributed by atoms with van der Waals surface area (Å²) in [4.78, 5) is 11.9. The van der Waals surface area contributed by atoms with Crippen molar-refractivity contribution < 1.29 is 4.79 Å². The summed E-state index contributed by atoms with van der Waals surface area (Å²) < 4.78 is 0. The van der Waals surface area contributed by atoms with E-state index in [-0.39, 0.29) is 12.1 Å². The van der Waals surface area contributed by atoms with Crippen LogP contribution in [0.2, 0.25) is 0 Å². The van der Waals surface area contributed by atoms with Gasteiger partial charge in [0.05, 0.1) is 6.04 Å². The Balaban J connectivity index is 2.76. The van der Waals surface area contributed by atoms with Gasteiger partial charge in [0.1, 0.15) is 0 Å². The summed E-state index contributed by atoms with van der Waals surface area (Å²) in [5, 5.41) is 9.06. The molecule has 0 heterocycles. The molecule has 0 bridgehead atoms. The first-order chi connectivity index (χ1) is 9.58. The quantitative estimate of drug-likeness (QED) is 0.717. The van der Waals surface area contributed by atoms with E-state index in [0.29, 0.717) is 6.54 Å². The minimum absolute atomic E-state index is 0.0404. The number of benzene rings is 1. The van der Waals surface area contributed by atoms with Gasteiger partial charge < -0.3 is 16.0 Å². The monoisotopic (exact) mass is 277 g/mol. The van der Waals surface area contributed by atoms with Crippen molar-refractivity contribution in [3.63, 3.8) is 0 Å². The van der Waals surface area contributed by atoms with Crippen LogP contribution in [-0.4, -0.2) is 26.2 Å². The van der Waals surface area contributed by atoms with E-state index in [9.17, 15) is 4.79 Å². The smallest absolute Gasteiger partial charge is 0.315 e. The molecular weight excluding hydrogens is 250 g/mol. The first-order valence-electron chi connectivity index (χ1n) is 7.34. The van der Waals surface area contributed by atoms with Gasteiger partial charge in [0.2, 0.25) is 0 Å². The Morgan fingerprint density at radius 2 is 1.95 bits per heavy atom. The lowest BCUT2D eigenvalue weighted by molar-refractivity contribution is 0.236. The largest absolute Gasteiger partial charge is 0.338 e. The van der Waals surface area contributed by atoms with Gasteiger partial charge in [-0.15, -0.1) is 0 Å². The topological polar surface area (TPSA) is 53.2 Å². The first-order valence-corrected chi connectivity index (χ1v) is 7.34. The Hall–Kier alpha value is -1.55. The van der Waals surface area contributed by atoms with Crippen molar-refractivity contribution in [1.29, 1.82) is 0 Å². The van der Waals surface area contributed by atoms with Gasteiger partial charge in [-0.2, -0.15) is 0 Å². The van der Waals surface area contributed by atoms with Gasteiger partial charge in [-0.05, 0) is 57.0 Å². The van der Waals surface area contributed by atoms with Crippen molar-refractivity contribution in [2.75, 3.05) is 20.1 Å². The summed E-state index contributed by atoms with van der Waals surface area (Å²) in [5.74, 6) is 0. The molecule has 0 saturated carbocycles.